The van der Waals surface area contributed by atoms with Crippen LogP contribution in [0.15, 0.2) is 59.5 Å². The molecule has 0 aliphatic heterocycles. The molecule has 3 rings (SSSR count). The highest BCUT2D eigenvalue weighted by Crippen LogP contribution is 2.29. The Kier molecular flexibility index (Phi) is 5.85. The SMILES string of the molecule is C[C@@H]1[C@H](C)CCC[C@@H]1NC(=O)c1ccc(S(=O)(=O)Nc2ccccc2)cc1. The second kappa shape index (κ2) is 8.13. The molecule has 2 N–H and O–H groups in total. The molecule has 2 aromatic carbocycles. The molecule has 27 heavy (non-hydrogen) atoms. The quantitative estimate of drug-likeness (QED) is 0.814. The Balaban J connectivity index is 1.68. The third-order valence-electron chi connectivity index (χ3n) is 5.48. The van der Waals surface area contributed by atoms with Crippen molar-refractivity contribution in [2.75, 3.05) is 4.72 Å². The molecular weight excluding hydrogens is 360 g/mol. The molecule has 1 aliphatic rings. The van der Waals surface area contributed by atoms with Crippen LogP contribution in [0.5, 0.6) is 0 Å². The number of carbonyl (C=O) groups excluding carboxylic acids is 1. The van der Waals surface area contributed by atoms with Gasteiger partial charge in [-0.1, -0.05) is 44.9 Å². The fraction of sp³-hybridized carbons (Fsp3) is 0.381. The van der Waals surface area contributed by atoms with Crippen molar-refractivity contribution in [1.82, 2.24) is 5.32 Å². The lowest BCUT2D eigenvalue weighted by molar-refractivity contribution is 0.0891. The Morgan fingerprint density at radius 1 is 0.963 bits per heavy atom. The topological polar surface area (TPSA) is 75.3 Å². The summed E-state index contributed by atoms with van der Waals surface area (Å²) in [5, 5.41) is 3.11. The van der Waals surface area contributed by atoms with E-state index in [4.69, 9.17) is 0 Å². The Labute approximate surface area is 161 Å². The van der Waals surface area contributed by atoms with Crippen LogP contribution in [0.1, 0.15) is 43.5 Å². The third-order valence-corrected chi connectivity index (χ3v) is 6.87. The van der Waals surface area contributed by atoms with Crippen LogP contribution in [0.2, 0.25) is 0 Å². The number of nitrogens with one attached hydrogen (secondary N) is 2. The summed E-state index contributed by atoms with van der Waals surface area (Å²) in [5.74, 6) is 0.888. The summed E-state index contributed by atoms with van der Waals surface area (Å²) in [4.78, 5) is 12.7. The summed E-state index contributed by atoms with van der Waals surface area (Å²) in [5.41, 5.74) is 0.971. The second-order valence-electron chi connectivity index (χ2n) is 7.34. The molecule has 0 radical (unpaired) electrons. The van der Waals surface area contributed by atoms with Gasteiger partial charge in [0.1, 0.15) is 0 Å². The zero-order valence-corrected chi connectivity index (χ0v) is 16.5. The predicted molar refractivity (Wildman–Crippen MR) is 107 cm³/mol. The lowest BCUT2D eigenvalue weighted by atomic mass is 9.78. The molecule has 0 unspecified atom stereocenters. The average molecular weight is 387 g/mol. The van der Waals surface area contributed by atoms with Gasteiger partial charge in [0, 0.05) is 17.3 Å². The van der Waals surface area contributed by atoms with Gasteiger partial charge in [-0.25, -0.2) is 8.42 Å². The summed E-state index contributed by atoms with van der Waals surface area (Å²) < 4.78 is 27.5. The van der Waals surface area contributed by atoms with Gasteiger partial charge in [0.2, 0.25) is 0 Å². The molecule has 5 nitrogen and oxygen atoms in total. The van der Waals surface area contributed by atoms with Crippen molar-refractivity contribution < 1.29 is 13.2 Å². The van der Waals surface area contributed by atoms with Crippen molar-refractivity contribution in [1.29, 1.82) is 0 Å². The number of hydrogen-bond acceptors (Lipinski definition) is 3. The molecule has 0 saturated heterocycles. The maximum absolute atomic E-state index is 12.5. The van der Waals surface area contributed by atoms with Crippen LogP contribution in [-0.2, 0) is 10.0 Å². The summed E-state index contributed by atoms with van der Waals surface area (Å²) in [6.07, 6.45) is 3.32. The summed E-state index contributed by atoms with van der Waals surface area (Å²) >= 11 is 0. The Bertz CT molecular complexity index is 879. The largest absolute Gasteiger partial charge is 0.349 e. The van der Waals surface area contributed by atoms with Gasteiger partial charge in [-0.15, -0.1) is 0 Å². The number of para-hydroxylation sites is 1. The predicted octanol–water partition coefficient (Wildman–Crippen LogP) is 4.04. The van der Waals surface area contributed by atoms with Crippen LogP contribution >= 0.6 is 0 Å². The first-order valence-electron chi connectivity index (χ1n) is 9.35. The van der Waals surface area contributed by atoms with E-state index in [0.717, 1.165) is 12.8 Å². The molecule has 1 aliphatic carbocycles. The van der Waals surface area contributed by atoms with Crippen molar-refractivity contribution in [3.8, 4) is 0 Å². The number of carbonyl (C=O) groups is 1. The zero-order valence-electron chi connectivity index (χ0n) is 15.7. The summed E-state index contributed by atoms with van der Waals surface area (Å²) in [6.45, 7) is 4.40. The van der Waals surface area contributed by atoms with E-state index in [-0.39, 0.29) is 16.8 Å². The minimum Gasteiger partial charge on any atom is -0.349 e. The molecule has 1 saturated carbocycles. The summed E-state index contributed by atoms with van der Waals surface area (Å²) in [7, 11) is -3.68. The monoisotopic (exact) mass is 386 g/mol. The first kappa shape index (κ1) is 19.4. The lowest BCUT2D eigenvalue weighted by Crippen LogP contribution is -2.43. The Morgan fingerprint density at radius 2 is 1.63 bits per heavy atom. The first-order chi connectivity index (χ1) is 12.9. The van der Waals surface area contributed by atoms with Crippen LogP contribution < -0.4 is 10.0 Å². The number of anilines is 1. The van der Waals surface area contributed by atoms with Gasteiger partial charge in [0.15, 0.2) is 0 Å². The fourth-order valence-electron chi connectivity index (χ4n) is 3.54. The Hall–Kier alpha value is -2.34. The second-order valence-corrected chi connectivity index (χ2v) is 9.03. The van der Waals surface area contributed by atoms with Crippen LogP contribution in [0.3, 0.4) is 0 Å². The molecule has 0 aromatic heterocycles. The first-order valence-corrected chi connectivity index (χ1v) is 10.8. The number of amides is 1. The van der Waals surface area contributed by atoms with Crippen molar-refractivity contribution in [2.45, 2.75) is 44.0 Å². The van der Waals surface area contributed by atoms with Gasteiger partial charge >= 0.3 is 0 Å². The maximum Gasteiger partial charge on any atom is 0.261 e. The smallest absolute Gasteiger partial charge is 0.261 e. The van der Waals surface area contributed by atoms with Gasteiger partial charge in [-0.05, 0) is 54.7 Å². The van der Waals surface area contributed by atoms with Crippen molar-refractivity contribution in [3.05, 3.63) is 60.2 Å². The van der Waals surface area contributed by atoms with Crippen LogP contribution in [0.4, 0.5) is 5.69 Å². The molecular formula is C21H26N2O3S. The van der Waals surface area contributed by atoms with Gasteiger partial charge in [0.25, 0.3) is 15.9 Å². The van der Waals surface area contributed by atoms with Gasteiger partial charge in [-0.3, -0.25) is 9.52 Å². The van der Waals surface area contributed by atoms with Gasteiger partial charge in [-0.2, -0.15) is 0 Å². The van der Waals surface area contributed by atoms with E-state index in [2.05, 4.69) is 23.9 Å². The van der Waals surface area contributed by atoms with E-state index in [1.807, 2.05) is 6.07 Å². The fourth-order valence-corrected chi connectivity index (χ4v) is 4.60. The van der Waals surface area contributed by atoms with Gasteiger partial charge in [0.05, 0.1) is 4.90 Å². The molecule has 0 spiro atoms. The Morgan fingerprint density at radius 3 is 2.30 bits per heavy atom. The van der Waals surface area contributed by atoms with Crippen LogP contribution in [0, 0.1) is 11.8 Å². The van der Waals surface area contributed by atoms with E-state index >= 15 is 0 Å². The van der Waals surface area contributed by atoms with E-state index < -0.39 is 10.0 Å². The minimum absolute atomic E-state index is 0.127. The van der Waals surface area contributed by atoms with E-state index in [0.29, 0.717) is 23.1 Å². The molecule has 1 fully saturated rings. The van der Waals surface area contributed by atoms with E-state index in [9.17, 15) is 13.2 Å². The molecule has 0 heterocycles. The van der Waals surface area contributed by atoms with Crippen LogP contribution in [-0.4, -0.2) is 20.4 Å². The third kappa shape index (κ3) is 4.69. The molecule has 0 bridgehead atoms. The van der Waals surface area contributed by atoms with Crippen molar-refractivity contribution in [2.24, 2.45) is 11.8 Å². The highest BCUT2D eigenvalue weighted by Gasteiger charge is 2.28. The standard InChI is InChI=1S/C21H26N2O3S/c1-15-7-6-10-20(16(15)2)22-21(24)17-11-13-19(14-12-17)27(25,26)23-18-8-4-3-5-9-18/h3-5,8-9,11-16,20,23H,6-7,10H2,1-2H3,(H,22,24)/t15-,16-,20+/m1/s1. The van der Waals surface area contributed by atoms with Gasteiger partial charge < -0.3 is 5.32 Å². The van der Waals surface area contributed by atoms with Crippen LogP contribution in [0.25, 0.3) is 0 Å². The molecule has 6 heteroatoms. The number of benzene rings is 2. The highest BCUT2D eigenvalue weighted by atomic mass is 32.2. The van der Waals surface area contributed by atoms with E-state index in [1.54, 1.807) is 36.4 Å². The number of sulfonamides is 1. The molecule has 3 atom stereocenters. The highest BCUT2D eigenvalue weighted by molar-refractivity contribution is 7.92. The van der Waals surface area contributed by atoms with Crippen molar-refractivity contribution >= 4 is 21.6 Å². The minimum atomic E-state index is -3.68. The average Bonchev–Trinajstić information content (AvgIpc) is 2.66. The molecule has 2 aromatic rings. The zero-order chi connectivity index (χ0) is 19.4. The summed E-state index contributed by atoms with van der Waals surface area (Å²) in [6, 6.07) is 14.9. The maximum atomic E-state index is 12.5. The van der Waals surface area contributed by atoms with Crippen molar-refractivity contribution in [3.63, 3.8) is 0 Å². The molecule has 144 valence electrons. The molecule has 1 amide bonds. The lowest BCUT2D eigenvalue weighted by Gasteiger charge is -2.34. The normalized spacial score (nSPS) is 22.8. The number of rotatable bonds is 5. The number of hydrogen-bond donors (Lipinski definition) is 2. The van der Waals surface area contributed by atoms with E-state index in [1.165, 1.54) is 18.6 Å².